The predicted molar refractivity (Wildman–Crippen MR) is 127 cm³/mol. The summed E-state index contributed by atoms with van der Waals surface area (Å²) in [5, 5.41) is 11.4. The van der Waals surface area contributed by atoms with Gasteiger partial charge in [-0.3, -0.25) is 9.48 Å². The summed E-state index contributed by atoms with van der Waals surface area (Å²) in [4.78, 5) is 13.0. The molecular formula is C26H28N4O3. The molecule has 0 aliphatic carbocycles. The number of carbonyl (C=O) groups excluding carboxylic acids is 1. The van der Waals surface area contributed by atoms with Gasteiger partial charge in [0.25, 0.3) is 5.91 Å². The van der Waals surface area contributed by atoms with E-state index in [1.807, 2.05) is 55.8 Å². The first-order valence-corrected chi connectivity index (χ1v) is 10.9. The number of ether oxygens (including phenoxy) is 1. The number of carbonyl (C=O) groups is 1. The largest absolute Gasteiger partial charge is 0.488 e. The second kappa shape index (κ2) is 9.32. The van der Waals surface area contributed by atoms with E-state index in [0.717, 1.165) is 28.1 Å². The first kappa shape index (κ1) is 22.3. The zero-order chi connectivity index (χ0) is 23.5. The molecule has 4 aromatic rings. The molecule has 33 heavy (non-hydrogen) atoms. The molecule has 0 atom stereocenters. The van der Waals surface area contributed by atoms with Crippen molar-refractivity contribution in [1.29, 1.82) is 0 Å². The van der Waals surface area contributed by atoms with E-state index < -0.39 is 0 Å². The smallest absolute Gasteiger partial charge is 0.279 e. The number of aromatic nitrogens is 3. The van der Waals surface area contributed by atoms with Gasteiger partial charge in [-0.1, -0.05) is 53.2 Å². The van der Waals surface area contributed by atoms with Crippen molar-refractivity contribution < 1.29 is 14.1 Å². The molecule has 0 aliphatic rings. The molecule has 0 aliphatic heterocycles. The average Bonchev–Trinajstić information content (AvgIpc) is 3.29. The van der Waals surface area contributed by atoms with Crippen molar-refractivity contribution in [2.24, 2.45) is 0 Å². The van der Waals surface area contributed by atoms with E-state index in [0.29, 0.717) is 23.7 Å². The SMILES string of the molecule is Cc1cccc(Cn2nc(NC(=O)c3noc(C)c3COc3c(C)cccc3C)cc2C)c1. The number of nitrogens with zero attached hydrogens (tertiary/aromatic N) is 3. The molecule has 1 amide bonds. The Hall–Kier alpha value is -3.87. The number of aryl methyl sites for hydroxylation is 5. The van der Waals surface area contributed by atoms with Crippen molar-refractivity contribution in [2.75, 3.05) is 5.32 Å². The number of rotatable bonds is 7. The Labute approximate surface area is 193 Å². The Morgan fingerprint density at radius 3 is 2.48 bits per heavy atom. The molecule has 7 heteroatoms. The highest BCUT2D eigenvalue weighted by Crippen LogP contribution is 2.25. The third-order valence-corrected chi connectivity index (χ3v) is 5.61. The monoisotopic (exact) mass is 444 g/mol. The van der Waals surface area contributed by atoms with Crippen LogP contribution in [0.3, 0.4) is 0 Å². The van der Waals surface area contributed by atoms with Crippen LogP contribution in [0.1, 0.15) is 49.8 Å². The average molecular weight is 445 g/mol. The number of benzene rings is 2. The van der Waals surface area contributed by atoms with Crippen LogP contribution >= 0.6 is 0 Å². The topological polar surface area (TPSA) is 82.2 Å². The van der Waals surface area contributed by atoms with Crippen molar-refractivity contribution >= 4 is 11.7 Å². The summed E-state index contributed by atoms with van der Waals surface area (Å²) in [5.74, 6) is 1.43. The molecule has 4 rings (SSSR count). The highest BCUT2D eigenvalue weighted by atomic mass is 16.5. The lowest BCUT2D eigenvalue weighted by Gasteiger charge is -2.12. The molecule has 0 saturated carbocycles. The van der Waals surface area contributed by atoms with Gasteiger partial charge in [0.05, 0.1) is 12.1 Å². The predicted octanol–water partition coefficient (Wildman–Crippen LogP) is 5.29. The van der Waals surface area contributed by atoms with Gasteiger partial charge in [-0.2, -0.15) is 5.10 Å². The van der Waals surface area contributed by atoms with Crippen molar-refractivity contribution in [2.45, 2.75) is 47.8 Å². The summed E-state index contributed by atoms with van der Waals surface area (Å²) in [5.41, 5.74) is 6.17. The van der Waals surface area contributed by atoms with Crippen LogP contribution in [-0.4, -0.2) is 20.8 Å². The Bertz CT molecular complexity index is 1280. The Morgan fingerprint density at radius 1 is 1.03 bits per heavy atom. The van der Waals surface area contributed by atoms with Gasteiger partial charge in [-0.15, -0.1) is 0 Å². The maximum Gasteiger partial charge on any atom is 0.279 e. The minimum absolute atomic E-state index is 0.185. The van der Waals surface area contributed by atoms with Crippen LogP contribution in [0.15, 0.2) is 53.1 Å². The zero-order valence-electron chi connectivity index (χ0n) is 19.6. The number of nitrogens with one attached hydrogen (secondary N) is 1. The first-order chi connectivity index (χ1) is 15.8. The highest BCUT2D eigenvalue weighted by Gasteiger charge is 2.22. The first-order valence-electron chi connectivity index (χ1n) is 10.9. The summed E-state index contributed by atoms with van der Waals surface area (Å²) in [7, 11) is 0. The summed E-state index contributed by atoms with van der Waals surface area (Å²) in [6.45, 7) is 10.6. The fraction of sp³-hybridized carbons (Fsp3) is 0.269. The van der Waals surface area contributed by atoms with Gasteiger partial charge in [0.1, 0.15) is 18.1 Å². The zero-order valence-corrected chi connectivity index (χ0v) is 19.6. The van der Waals surface area contributed by atoms with Crippen LogP contribution < -0.4 is 10.1 Å². The van der Waals surface area contributed by atoms with Gasteiger partial charge in [0, 0.05) is 11.8 Å². The molecule has 170 valence electrons. The third kappa shape index (κ3) is 4.98. The fourth-order valence-corrected chi connectivity index (χ4v) is 3.80. The molecule has 2 aromatic heterocycles. The van der Waals surface area contributed by atoms with E-state index in [-0.39, 0.29) is 18.2 Å². The molecule has 0 spiro atoms. The maximum absolute atomic E-state index is 13.0. The van der Waals surface area contributed by atoms with Gasteiger partial charge in [0.15, 0.2) is 11.5 Å². The number of hydrogen-bond donors (Lipinski definition) is 1. The molecule has 0 unspecified atom stereocenters. The van der Waals surface area contributed by atoms with Gasteiger partial charge >= 0.3 is 0 Å². The standard InChI is InChI=1S/C26H28N4O3/c1-16-8-6-11-21(12-16)14-30-19(4)13-23(28-30)27-26(31)24-22(20(5)33-29-24)15-32-25-17(2)9-7-10-18(25)3/h6-13H,14-15H2,1-5H3,(H,27,28,31). The van der Waals surface area contributed by atoms with Crippen LogP contribution in [0, 0.1) is 34.6 Å². The molecule has 0 bridgehead atoms. The second-order valence-electron chi connectivity index (χ2n) is 8.35. The lowest BCUT2D eigenvalue weighted by molar-refractivity contribution is 0.101. The van der Waals surface area contributed by atoms with Crippen molar-refractivity contribution in [3.63, 3.8) is 0 Å². The minimum Gasteiger partial charge on any atom is -0.488 e. The molecule has 2 aromatic carbocycles. The summed E-state index contributed by atoms with van der Waals surface area (Å²) < 4.78 is 13.2. The molecular weight excluding hydrogens is 416 g/mol. The number of amides is 1. The Kier molecular flexibility index (Phi) is 6.31. The number of anilines is 1. The number of para-hydroxylation sites is 1. The molecule has 7 nitrogen and oxygen atoms in total. The van der Waals surface area contributed by atoms with Crippen LogP contribution in [0.2, 0.25) is 0 Å². The fourth-order valence-electron chi connectivity index (χ4n) is 3.80. The molecule has 0 saturated heterocycles. The molecule has 2 heterocycles. The maximum atomic E-state index is 13.0. The Balaban J connectivity index is 1.48. The minimum atomic E-state index is -0.382. The van der Waals surface area contributed by atoms with E-state index in [1.54, 1.807) is 6.92 Å². The van der Waals surface area contributed by atoms with Crippen LogP contribution in [0.25, 0.3) is 0 Å². The van der Waals surface area contributed by atoms with Crippen LogP contribution in [0.4, 0.5) is 5.82 Å². The second-order valence-corrected chi connectivity index (χ2v) is 8.35. The highest BCUT2D eigenvalue weighted by molar-refractivity contribution is 6.03. The van der Waals surface area contributed by atoms with Gasteiger partial charge in [-0.05, 0) is 51.3 Å². The number of hydrogen-bond acceptors (Lipinski definition) is 5. The summed E-state index contributed by atoms with van der Waals surface area (Å²) in [6.07, 6.45) is 0. The van der Waals surface area contributed by atoms with Crippen molar-refractivity contribution in [3.8, 4) is 5.75 Å². The lowest BCUT2D eigenvalue weighted by atomic mass is 10.1. The van der Waals surface area contributed by atoms with E-state index in [9.17, 15) is 4.79 Å². The third-order valence-electron chi connectivity index (χ3n) is 5.61. The summed E-state index contributed by atoms with van der Waals surface area (Å²) in [6, 6.07) is 16.1. The van der Waals surface area contributed by atoms with Gasteiger partial charge in [0.2, 0.25) is 0 Å². The lowest BCUT2D eigenvalue weighted by Crippen LogP contribution is -2.16. The quantitative estimate of drug-likeness (QED) is 0.419. The van der Waals surface area contributed by atoms with Crippen molar-refractivity contribution in [1.82, 2.24) is 14.9 Å². The normalized spacial score (nSPS) is 10.9. The van der Waals surface area contributed by atoms with Crippen LogP contribution in [0.5, 0.6) is 5.75 Å². The molecule has 0 fully saturated rings. The van der Waals surface area contributed by atoms with Crippen LogP contribution in [-0.2, 0) is 13.2 Å². The van der Waals surface area contributed by atoms with Gasteiger partial charge in [-0.25, -0.2) is 0 Å². The van der Waals surface area contributed by atoms with E-state index in [1.165, 1.54) is 5.56 Å². The molecule has 0 radical (unpaired) electrons. The molecule has 1 N–H and O–H groups in total. The van der Waals surface area contributed by atoms with E-state index in [2.05, 4.69) is 40.7 Å². The Morgan fingerprint density at radius 2 is 1.76 bits per heavy atom. The van der Waals surface area contributed by atoms with E-state index in [4.69, 9.17) is 9.26 Å². The van der Waals surface area contributed by atoms with E-state index >= 15 is 0 Å². The van der Waals surface area contributed by atoms with Crippen molar-refractivity contribution in [3.05, 3.63) is 93.5 Å². The summed E-state index contributed by atoms with van der Waals surface area (Å²) >= 11 is 0. The van der Waals surface area contributed by atoms with Gasteiger partial charge < -0.3 is 14.6 Å².